The average molecular weight is 425 g/mol. The fourth-order valence-electron chi connectivity index (χ4n) is 2.27. The van der Waals surface area contributed by atoms with Crippen molar-refractivity contribution in [2.24, 2.45) is 0 Å². The van der Waals surface area contributed by atoms with Gasteiger partial charge < -0.3 is 5.32 Å². The quantitative estimate of drug-likeness (QED) is 0.482. The van der Waals surface area contributed by atoms with Crippen LogP contribution in [0.3, 0.4) is 0 Å². The first-order valence-electron chi connectivity index (χ1n) is 7.86. The molecule has 1 aromatic heterocycles. The first-order valence-corrected chi connectivity index (χ1v) is 9.34. The maximum absolute atomic E-state index is 14.1. The molecule has 0 atom stereocenters. The largest absolute Gasteiger partial charge is 0.322 e. The maximum atomic E-state index is 14.1. The van der Waals surface area contributed by atoms with Gasteiger partial charge in [0.1, 0.15) is 5.82 Å². The lowest BCUT2D eigenvalue weighted by molar-refractivity contribution is 0.102. The van der Waals surface area contributed by atoms with E-state index in [9.17, 15) is 30.8 Å². The topological polar surface area (TPSA) is 88.2 Å². The van der Waals surface area contributed by atoms with E-state index in [1.54, 1.807) is 0 Å². The molecule has 0 unspecified atom stereocenters. The summed E-state index contributed by atoms with van der Waals surface area (Å²) in [5.41, 5.74) is -0.851. The molecule has 1 heterocycles. The molecule has 1 amide bonds. The molecule has 0 spiro atoms. The second-order valence-electron chi connectivity index (χ2n) is 5.70. The Morgan fingerprint density at radius 3 is 2.17 bits per heavy atom. The molecule has 0 bridgehead atoms. The van der Waals surface area contributed by atoms with Gasteiger partial charge >= 0.3 is 0 Å². The Hall–Kier alpha value is -3.47. The second kappa shape index (κ2) is 7.87. The van der Waals surface area contributed by atoms with Gasteiger partial charge in [0.25, 0.3) is 15.9 Å². The lowest BCUT2D eigenvalue weighted by Crippen LogP contribution is -2.17. The van der Waals surface area contributed by atoms with Crippen molar-refractivity contribution in [1.29, 1.82) is 0 Å². The van der Waals surface area contributed by atoms with E-state index in [0.717, 1.165) is 48.7 Å². The molecule has 150 valence electrons. The van der Waals surface area contributed by atoms with Gasteiger partial charge in [-0.1, -0.05) is 0 Å². The van der Waals surface area contributed by atoms with Crippen molar-refractivity contribution in [2.75, 3.05) is 10.0 Å². The number of halogens is 4. The average Bonchev–Trinajstić information content (AvgIpc) is 2.66. The number of sulfonamides is 1. The van der Waals surface area contributed by atoms with Crippen LogP contribution in [-0.4, -0.2) is 19.3 Å². The second-order valence-corrected chi connectivity index (χ2v) is 7.38. The van der Waals surface area contributed by atoms with E-state index in [-0.39, 0.29) is 11.4 Å². The van der Waals surface area contributed by atoms with Gasteiger partial charge in [0, 0.05) is 11.8 Å². The smallest absolute Gasteiger partial charge is 0.261 e. The summed E-state index contributed by atoms with van der Waals surface area (Å²) in [6, 6.07) is 7.02. The SMILES string of the molecule is O=C(Nc1ccc(F)c(F)c1)c1cc(S(=O)(=O)Nc2ccc(F)nc2)ccc1F. The number of rotatable bonds is 5. The first kappa shape index (κ1) is 20.3. The molecule has 0 aliphatic rings. The minimum atomic E-state index is -4.25. The normalized spacial score (nSPS) is 11.2. The molecule has 0 fully saturated rings. The third kappa shape index (κ3) is 4.69. The zero-order valence-corrected chi connectivity index (χ0v) is 15.1. The molecule has 0 aliphatic heterocycles. The van der Waals surface area contributed by atoms with Gasteiger partial charge in [-0.2, -0.15) is 4.39 Å². The summed E-state index contributed by atoms with van der Waals surface area (Å²) >= 11 is 0. The summed E-state index contributed by atoms with van der Waals surface area (Å²) in [6.45, 7) is 0. The van der Waals surface area contributed by atoms with Crippen LogP contribution >= 0.6 is 0 Å². The van der Waals surface area contributed by atoms with Crippen LogP contribution in [0.4, 0.5) is 28.9 Å². The Balaban J connectivity index is 1.87. The van der Waals surface area contributed by atoms with Crippen LogP contribution in [0.2, 0.25) is 0 Å². The van der Waals surface area contributed by atoms with Crippen LogP contribution in [0.1, 0.15) is 10.4 Å². The number of nitrogens with zero attached hydrogens (tertiary/aromatic N) is 1. The molecule has 2 N–H and O–H groups in total. The Labute approximate surface area is 162 Å². The number of benzene rings is 2. The number of carbonyl (C=O) groups excluding carboxylic acids is 1. The highest BCUT2D eigenvalue weighted by atomic mass is 32.2. The zero-order chi connectivity index (χ0) is 21.2. The summed E-state index contributed by atoms with van der Waals surface area (Å²) < 4.78 is 80.1. The number of aromatic nitrogens is 1. The predicted molar refractivity (Wildman–Crippen MR) is 95.7 cm³/mol. The van der Waals surface area contributed by atoms with Gasteiger partial charge in [0.05, 0.1) is 22.3 Å². The summed E-state index contributed by atoms with van der Waals surface area (Å²) in [5, 5.41) is 2.15. The molecule has 0 saturated heterocycles. The van der Waals surface area contributed by atoms with Crippen LogP contribution in [0.15, 0.2) is 59.6 Å². The van der Waals surface area contributed by atoms with Crippen molar-refractivity contribution in [2.45, 2.75) is 4.90 Å². The van der Waals surface area contributed by atoms with Gasteiger partial charge in [-0.15, -0.1) is 0 Å². The fraction of sp³-hybridized carbons (Fsp3) is 0. The fourth-order valence-corrected chi connectivity index (χ4v) is 3.34. The Kier molecular flexibility index (Phi) is 5.50. The summed E-state index contributed by atoms with van der Waals surface area (Å²) in [7, 11) is -4.25. The predicted octanol–water partition coefficient (Wildman–Crippen LogP) is 3.69. The number of amides is 1. The van der Waals surface area contributed by atoms with Crippen molar-refractivity contribution >= 4 is 27.3 Å². The maximum Gasteiger partial charge on any atom is 0.261 e. The first-order chi connectivity index (χ1) is 13.7. The zero-order valence-electron chi connectivity index (χ0n) is 14.3. The van der Waals surface area contributed by atoms with Crippen LogP contribution in [0.25, 0.3) is 0 Å². The molecule has 3 aromatic rings. The molecule has 11 heteroatoms. The van der Waals surface area contributed by atoms with E-state index in [4.69, 9.17) is 0 Å². The highest BCUT2D eigenvalue weighted by Gasteiger charge is 2.20. The lowest BCUT2D eigenvalue weighted by Gasteiger charge is -2.11. The molecule has 0 radical (unpaired) electrons. The van der Waals surface area contributed by atoms with E-state index in [0.29, 0.717) is 6.07 Å². The third-order valence-corrected chi connectivity index (χ3v) is 5.03. The molecule has 6 nitrogen and oxygen atoms in total. The van der Waals surface area contributed by atoms with E-state index >= 15 is 0 Å². The number of nitrogens with one attached hydrogen (secondary N) is 2. The monoisotopic (exact) mass is 425 g/mol. The molecule has 0 aliphatic carbocycles. The van der Waals surface area contributed by atoms with Crippen LogP contribution in [0, 0.1) is 23.4 Å². The number of pyridine rings is 1. The van der Waals surface area contributed by atoms with E-state index in [1.807, 2.05) is 0 Å². The van der Waals surface area contributed by atoms with Crippen molar-refractivity contribution in [3.63, 3.8) is 0 Å². The Morgan fingerprint density at radius 2 is 1.52 bits per heavy atom. The van der Waals surface area contributed by atoms with Gasteiger partial charge in [0.15, 0.2) is 11.6 Å². The van der Waals surface area contributed by atoms with Crippen LogP contribution in [-0.2, 0) is 10.0 Å². The Bertz CT molecular complexity index is 1190. The van der Waals surface area contributed by atoms with E-state index in [1.165, 1.54) is 0 Å². The van der Waals surface area contributed by atoms with Crippen LogP contribution < -0.4 is 10.0 Å². The van der Waals surface area contributed by atoms with Crippen molar-refractivity contribution in [3.05, 3.63) is 83.7 Å². The highest BCUT2D eigenvalue weighted by Crippen LogP contribution is 2.20. The summed E-state index contributed by atoms with van der Waals surface area (Å²) in [4.78, 5) is 15.1. The standard InChI is InChI=1S/C18H11F4N3O3S/c19-14-5-3-12(29(27,28)25-11-2-6-17(22)23-9-11)8-13(14)18(26)24-10-1-4-15(20)16(21)7-10/h1-9,25H,(H,24,26). The number of hydrogen-bond donors (Lipinski definition) is 2. The molecule has 0 saturated carbocycles. The van der Waals surface area contributed by atoms with Crippen molar-refractivity contribution in [1.82, 2.24) is 4.98 Å². The van der Waals surface area contributed by atoms with Gasteiger partial charge in [-0.05, 0) is 42.5 Å². The van der Waals surface area contributed by atoms with Crippen LogP contribution in [0.5, 0.6) is 0 Å². The van der Waals surface area contributed by atoms with Gasteiger partial charge in [-0.25, -0.2) is 26.6 Å². The van der Waals surface area contributed by atoms with Gasteiger partial charge in [0.2, 0.25) is 5.95 Å². The van der Waals surface area contributed by atoms with E-state index in [2.05, 4.69) is 15.0 Å². The van der Waals surface area contributed by atoms with Crippen molar-refractivity contribution in [3.8, 4) is 0 Å². The number of carbonyl (C=O) groups is 1. The van der Waals surface area contributed by atoms with Gasteiger partial charge in [-0.3, -0.25) is 9.52 Å². The minimum Gasteiger partial charge on any atom is -0.322 e. The Morgan fingerprint density at radius 1 is 0.828 bits per heavy atom. The van der Waals surface area contributed by atoms with Crippen molar-refractivity contribution < 1.29 is 30.8 Å². The molecule has 2 aromatic carbocycles. The number of hydrogen-bond acceptors (Lipinski definition) is 4. The number of anilines is 2. The molecule has 3 rings (SSSR count). The summed E-state index contributed by atoms with van der Waals surface area (Å²) in [5.74, 6) is -5.28. The van der Waals surface area contributed by atoms with E-state index < -0.39 is 49.8 Å². The lowest BCUT2D eigenvalue weighted by atomic mass is 10.2. The highest BCUT2D eigenvalue weighted by molar-refractivity contribution is 7.92. The summed E-state index contributed by atoms with van der Waals surface area (Å²) in [6.07, 6.45) is 0.938. The molecular formula is C18H11F4N3O3S. The minimum absolute atomic E-state index is 0.0523. The third-order valence-electron chi connectivity index (χ3n) is 3.65. The molecule has 29 heavy (non-hydrogen) atoms. The molecular weight excluding hydrogens is 414 g/mol.